The van der Waals surface area contributed by atoms with Crippen LogP contribution in [0.15, 0.2) is 59.8 Å². The average Bonchev–Trinajstić information content (AvgIpc) is 3.52. The van der Waals surface area contributed by atoms with Gasteiger partial charge in [0, 0.05) is 30.3 Å². The molecule has 1 aromatic carbocycles. The summed E-state index contributed by atoms with van der Waals surface area (Å²) in [6, 6.07) is 10.3. The number of aromatic amines is 1. The van der Waals surface area contributed by atoms with Crippen molar-refractivity contribution in [3.8, 4) is 40.0 Å². The molecule has 6 rings (SSSR count). The number of fused-ring (bicyclic) bond motifs is 1. The van der Waals surface area contributed by atoms with Crippen LogP contribution in [0.1, 0.15) is 19.3 Å². The summed E-state index contributed by atoms with van der Waals surface area (Å²) in [5.41, 5.74) is 4.19. The Morgan fingerprint density at radius 3 is 2.64 bits per heavy atom. The van der Waals surface area contributed by atoms with Crippen LogP contribution in [-0.2, 0) is 7.05 Å². The summed E-state index contributed by atoms with van der Waals surface area (Å²) in [6.45, 7) is 0. The van der Waals surface area contributed by atoms with Crippen molar-refractivity contribution < 1.29 is 8.81 Å². The summed E-state index contributed by atoms with van der Waals surface area (Å²) in [6.07, 6.45) is 10.3. The van der Waals surface area contributed by atoms with Gasteiger partial charge in [-0.25, -0.2) is 19.3 Å². The van der Waals surface area contributed by atoms with E-state index in [4.69, 9.17) is 9.68 Å². The van der Waals surface area contributed by atoms with Crippen LogP contribution in [-0.4, -0.2) is 29.7 Å². The Hall–Kier alpha value is -4.32. The Morgan fingerprint density at radius 1 is 1.18 bits per heavy atom. The predicted molar refractivity (Wildman–Crippen MR) is 120 cm³/mol. The lowest BCUT2D eigenvalue weighted by Crippen LogP contribution is -2.06. The van der Waals surface area contributed by atoms with Crippen LogP contribution < -0.4 is 0 Å². The van der Waals surface area contributed by atoms with Gasteiger partial charge in [0.15, 0.2) is 5.76 Å². The van der Waals surface area contributed by atoms with Gasteiger partial charge in [0.1, 0.15) is 17.8 Å². The molecule has 4 aromatic heterocycles. The first-order valence-electron chi connectivity index (χ1n) is 10.5. The van der Waals surface area contributed by atoms with E-state index in [2.05, 4.69) is 31.2 Å². The molecule has 33 heavy (non-hydrogen) atoms. The van der Waals surface area contributed by atoms with E-state index in [0.717, 1.165) is 35.0 Å². The number of H-pyrrole nitrogens is 1. The molecule has 8 nitrogen and oxygen atoms in total. The van der Waals surface area contributed by atoms with Crippen LogP contribution >= 0.6 is 0 Å². The molecule has 0 spiro atoms. The number of benzene rings is 1. The first kappa shape index (κ1) is 20.6. The van der Waals surface area contributed by atoms with Crippen LogP contribution in [0.5, 0.6) is 0 Å². The second-order valence-corrected chi connectivity index (χ2v) is 7.90. The predicted octanol–water partition coefficient (Wildman–Crippen LogP) is 5.13. The monoisotopic (exact) mass is 441 g/mol. The zero-order valence-corrected chi connectivity index (χ0v) is 17.9. The summed E-state index contributed by atoms with van der Waals surface area (Å²) in [5, 5.41) is 16.0. The number of halogens is 1. The zero-order chi connectivity index (χ0) is 22.8. The highest BCUT2D eigenvalue weighted by Gasteiger charge is 2.18. The first-order chi connectivity index (χ1) is 16.1. The molecule has 1 aliphatic rings. The molecule has 0 atom stereocenters. The number of nitrogens with zero attached hydrogens (tertiary/aromatic N) is 6. The van der Waals surface area contributed by atoms with Gasteiger partial charge in [0.25, 0.3) is 0 Å². The molecular weight excluding hydrogens is 421 g/mol. The lowest BCUT2D eigenvalue weighted by molar-refractivity contribution is 0.397. The minimum absolute atomic E-state index is 0.293. The van der Waals surface area contributed by atoms with Crippen molar-refractivity contribution in [2.24, 2.45) is 13.0 Å². The molecule has 0 saturated heterocycles. The normalized spacial score (nSPS) is 13.2. The third kappa shape index (κ3) is 4.11. The third-order valence-electron chi connectivity index (χ3n) is 5.60. The van der Waals surface area contributed by atoms with E-state index in [0.29, 0.717) is 28.8 Å². The molecule has 164 valence electrons. The molecule has 5 aromatic rings. The molecule has 0 amide bonds. The van der Waals surface area contributed by atoms with Crippen molar-refractivity contribution in [3.05, 3.63) is 61.2 Å². The number of hydrogen-bond acceptors (Lipinski definition) is 6. The first-order valence-corrected chi connectivity index (χ1v) is 10.5. The Balaban J connectivity index is 0.000000332. The van der Waals surface area contributed by atoms with Crippen molar-refractivity contribution in [1.82, 2.24) is 29.7 Å². The van der Waals surface area contributed by atoms with Gasteiger partial charge < -0.3 is 8.98 Å². The maximum absolute atomic E-state index is 13.3. The average molecular weight is 441 g/mol. The van der Waals surface area contributed by atoms with E-state index in [9.17, 15) is 4.39 Å². The van der Waals surface area contributed by atoms with Crippen molar-refractivity contribution in [1.29, 1.82) is 5.26 Å². The van der Waals surface area contributed by atoms with Gasteiger partial charge in [-0.2, -0.15) is 10.4 Å². The second-order valence-electron chi connectivity index (χ2n) is 7.90. The second kappa shape index (κ2) is 8.67. The summed E-state index contributed by atoms with van der Waals surface area (Å²) >= 11 is 0. The van der Waals surface area contributed by atoms with Gasteiger partial charge in [-0.1, -0.05) is 6.42 Å². The molecule has 0 bridgehead atoms. The Morgan fingerprint density at radius 2 is 2.00 bits per heavy atom. The summed E-state index contributed by atoms with van der Waals surface area (Å²) in [4.78, 5) is 13.0. The Labute approximate surface area is 188 Å². The van der Waals surface area contributed by atoms with Gasteiger partial charge in [-0.3, -0.25) is 5.10 Å². The highest BCUT2D eigenvalue weighted by Crippen LogP contribution is 2.35. The van der Waals surface area contributed by atoms with Gasteiger partial charge in [0.2, 0.25) is 5.71 Å². The number of hydrogen-bond donors (Lipinski definition) is 1. The van der Waals surface area contributed by atoms with E-state index in [1.807, 2.05) is 23.9 Å². The number of nitriles is 1. The highest BCUT2D eigenvalue weighted by molar-refractivity contribution is 5.95. The van der Waals surface area contributed by atoms with Crippen molar-refractivity contribution in [2.45, 2.75) is 19.3 Å². The largest absolute Gasteiger partial charge is 0.436 e. The highest BCUT2D eigenvalue weighted by atomic mass is 19.1. The molecule has 1 N–H and O–H groups in total. The number of rotatable bonds is 3. The molecule has 9 heteroatoms. The molecule has 0 radical (unpaired) electrons. The fraction of sp³-hybridized carbons (Fsp3) is 0.208. The van der Waals surface area contributed by atoms with Crippen LogP contribution in [0.3, 0.4) is 0 Å². The smallest absolute Gasteiger partial charge is 0.230 e. The summed E-state index contributed by atoms with van der Waals surface area (Å²) in [7, 11) is 1.89. The minimum atomic E-state index is -0.293. The van der Waals surface area contributed by atoms with Crippen LogP contribution in [0.25, 0.3) is 45.1 Å². The van der Waals surface area contributed by atoms with E-state index in [1.54, 1.807) is 24.7 Å². The molecule has 0 unspecified atom stereocenters. The van der Waals surface area contributed by atoms with Gasteiger partial charge in [0.05, 0.1) is 35.4 Å². The Bertz CT molecular complexity index is 1440. The number of aromatic nitrogens is 6. The van der Waals surface area contributed by atoms with Crippen molar-refractivity contribution >= 4 is 11.1 Å². The van der Waals surface area contributed by atoms with E-state index < -0.39 is 0 Å². The van der Waals surface area contributed by atoms with Gasteiger partial charge in [-0.15, -0.1) is 0 Å². The van der Waals surface area contributed by atoms with Crippen molar-refractivity contribution in [2.75, 3.05) is 0 Å². The maximum atomic E-state index is 13.3. The standard InChI is InChI=1S/C19H13FN6O.C5H7N/c1-26-8-15(23-10-26)16-6-13-18(21-9-22-19(13)27-16)14-7-24-25-17(14)11-2-4-12(20)5-3-11;6-4-5-2-1-3-5/h2-10H,1H3,(H,24,25);5H,1-3H2. The van der Waals surface area contributed by atoms with Crippen LogP contribution in [0.2, 0.25) is 0 Å². The molecule has 1 saturated carbocycles. The molecule has 4 heterocycles. The lowest BCUT2D eigenvalue weighted by atomic mass is 9.87. The Kier molecular flexibility index (Phi) is 5.40. The van der Waals surface area contributed by atoms with E-state index >= 15 is 0 Å². The van der Waals surface area contributed by atoms with Crippen molar-refractivity contribution in [3.63, 3.8) is 0 Å². The van der Waals surface area contributed by atoms with Gasteiger partial charge in [-0.05, 0) is 43.2 Å². The zero-order valence-electron chi connectivity index (χ0n) is 17.9. The topological polar surface area (TPSA) is 109 Å². The summed E-state index contributed by atoms with van der Waals surface area (Å²) in [5.74, 6) is 0.739. The van der Waals surface area contributed by atoms with E-state index in [-0.39, 0.29) is 5.82 Å². The number of nitrogens with one attached hydrogen (secondary N) is 1. The maximum Gasteiger partial charge on any atom is 0.230 e. The van der Waals surface area contributed by atoms with E-state index in [1.165, 1.54) is 24.9 Å². The molecular formula is C24H20FN7O. The molecule has 1 aliphatic carbocycles. The molecule has 0 aliphatic heterocycles. The fourth-order valence-corrected chi connectivity index (χ4v) is 3.58. The quantitative estimate of drug-likeness (QED) is 0.416. The van der Waals surface area contributed by atoms with Crippen LogP contribution in [0, 0.1) is 23.1 Å². The third-order valence-corrected chi connectivity index (χ3v) is 5.60. The van der Waals surface area contributed by atoms with Crippen LogP contribution in [0.4, 0.5) is 4.39 Å². The fourth-order valence-electron chi connectivity index (χ4n) is 3.58. The summed E-state index contributed by atoms with van der Waals surface area (Å²) < 4.78 is 21.0. The SMILES string of the molecule is Cn1cnc(-c2cc3c(-c4cn[nH]c4-c4ccc(F)cc4)ncnc3o2)c1.N#CC1CCC1. The lowest BCUT2D eigenvalue weighted by Gasteiger charge is -2.15. The number of aryl methyl sites for hydroxylation is 1. The van der Waals surface area contributed by atoms with Gasteiger partial charge >= 0.3 is 0 Å². The molecule has 1 fully saturated rings. The number of furan rings is 1. The number of imidazole rings is 1. The minimum Gasteiger partial charge on any atom is -0.436 e.